The summed E-state index contributed by atoms with van der Waals surface area (Å²) >= 11 is 1.02. The van der Waals surface area contributed by atoms with Gasteiger partial charge in [-0.1, -0.05) is 78.1 Å². The number of nitrogens with one attached hydrogen (secondary N) is 10. The van der Waals surface area contributed by atoms with Gasteiger partial charge in [-0.05, 0) is 31.7 Å². The molecule has 2 heterocycles. The number of hydrogen-bond donors (Lipinski definition) is 12. The van der Waals surface area contributed by atoms with Crippen LogP contribution in [0.15, 0.2) is 30.3 Å². The molecule has 0 spiro atoms. The number of benzene rings is 1. The van der Waals surface area contributed by atoms with Crippen LogP contribution in [0.1, 0.15) is 64.4 Å². The largest absolute Gasteiger partial charge is 0.481 e. The third-order valence-corrected chi connectivity index (χ3v) is 13.3. The number of hydrogen-bond acceptors (Lipinski definition) is 14. The molecule has 2 saturated heterocycles. The highest BCUT2D eigenvalue weighted by atomic mass is 33.1. The fraction of sp³-hybridized carbons (Fsp3) is 0.575. The van der Waals surface area contributed by atoms with Crippen molar-refractivity contribution in [3.8, 4) is 0 Å². The van der Waals surface area contributed by atoms with Crippen molar-refractivity contribution in [3.05, 3.63) is 35.9 Å². The molecule has 1 aromatic rings. The van der Waals surface area contributed by atoms with E-state index in [0.29, 0.717) is 12.0 Å². The molecule has 2 aliphatic heterocycles. The Morgan fingerprint density at radius 3 is 1.88 bits per heavy atom. The fourth-order valence-corrected chi connectivity index (χ4v) is 9.64. The Morgan fingerprint density at radius 1 is 0.708 bits per heavy atom. The molecular formula is C40H59N11O11S3. The molecule has 0 radical (unpaired) electrons. The number of aliphatic carboxylic acids is 1. The van der Waals surface area contributed by atoms with Gasteiger partial charge in [0.2, 0.25) is 47.3 Å². The molecule has 2 fully saturated rings. The first-order valence-electron chi connectivity index (χ1n) is 21.0. The summed E-state index contributed by atoms with van der Waals surface area (Å²) in [4.78, 5) is 135. The van der Waals surface area contributed by atoms with E-state index < -0.39 is 114 Å². The van der Waals surface area contributed by atoms with Gasteiger partial charge in [-0.15, -0.1) is 11.8 Å². The van der Waals surface area contributed by atoms with E-state index in [0.717, 1.165) is 46.2 Å². The lowest BCUT2D eigenvalue weighted by molar-refractivity contribution is -0.141. The van der Waals surface area contributed by atoms with Crippen LogP contribution in [0, 0.1) is 5.41 Å². The molecule has 2 bridgehead atoms. The van der Waals surface area contributed by atoms with Crippen LogP contribution in [0.2, 0.25) is 0 Å². The van der Waals surface area contributed by atoms with Gasteiger partial charge in [-0.3, -0.25) is 53.4 Å². The summed E-state index contributed by atoms with van der Waals surface area (Å²) < 4.78 is 0. The molecule has 1 aromatic carbocycles. The number of guanidine groups is 1. The molecule has 7 atom stereocenters. The molecule has 3 rings (SSSR count). The number of carbonyl (C=O) groups is 10. The zero-order valence-electron chi connectivity index (χ0n) is 36.2. The van der Waals surface area contributed by atoms with Gasteiger partial charge in [0.05, 0.1) is 24.8 Å². The number of carboxylic acids is 1. The van der Waals surface area contributed by atoms with Crippen molar-refractivity contribution < 1.29 is 53.1 Å². The van der Waals surface area contributed by atoms with E-state index >= 15 is 0 Å². The average molecular weight is 966 g/mol. The molecule has 358 valence electrons. The lowest BCUT2D eigenvalue weighted by Crippen LogP contribution is -2.59. The second-order valence-electron chi connectivity index (χ2n) is 15.2. The molecule has 8 amide bonds. The molecular weight excluding hydrogens is 907 g/mol. The van der Waals surface area contributed by atoms with E-state index in [1.165, 1.54) is 6.92 Å². The van der Waals surface area contributed by atoms with Gasteiger partial charge in [0.1, 0.15) is 36.3 Å². The SMILES string of the molecule is CCCCC[C@@H]1NC(=O)CSC[C@@H](C(C)=O)NC(=O)[C@H](Cc2ccccc2)NC(=O)[C@@H]2CSSC[C@H](NC1=O)C(=O)N[C@@H](CCCNC(=N)N)C(=O)NCC(=O)N[C@@H](CC(=O)O)C(=O)N2. The van der Waals surface area contributed by atoms with E-state index in [1.54, 1.807) is 30.3 Å². The van der Waals surface area contributed by atoms with Crippen molar-refractivity contribution in [2.24, 2.45) is 5.73 Å². The Labute approximate surface area is 388 Å². The Morgan fingerprint density at radius 2 is 1.28 bits per heavy atom. The summed E-state index contributed by atoms with van der Waals surface area (Å²) in [5.74, 6) is -9.60. The Kier molecular flexibility index (Phi) is 23.5. The summed E-state index contributed by atoms with van der Waals surface area (Å²) in [5.41, 5.74) is 6.01. The minimum Gasteiger partial charge on any atom is -0.481 e. The second-order valence-corrected chi connectivity index (χ2v) is 18.8. The van der Waals surface area contributed by atoms with Crippen LogP contribution in [0.3, 0.4) is 0 Å². The predicted molar refractivity (Wildman–Crippen MR) is 245 cm³/mol. The van der Waals surface area contributed by atoms with Crippen LogP contribution in [0.5, 0.6) is 0 Å². The van der Waals surface area contributed by atoms with E-state index in [2.05, 4.69) is 47.9 Å². The molecule has 0 aromatic heterocycles. The van der Waals surface area contributed by atoms with Crippen LogP contribution in [-0.2, 0) is 54.4 Å². The van der Waals surface area contributed by atoms with Crippen LogP contribution < -0.4 is 53.6 Å². The van der Waals surface area contributed by atoms with Gasteiger partial charge in [-0.2, -0.15) is 0 Å². The van der Waals surface area contributed by atoms with Gasteiger partial charge in [-0.25, -0.2) is 0 Å². The number of Topliss-reactive ketones (excluding diaryl/α,β-unsaturated/α-hetero) is 1. The van der Waals surface area contributed by atoms with Crippen LogP contribution >= 0.6 is 33.3 Å². The number of rotatable bonds is 13. The van der Waals surface area contributed by atoms with Crippen molar-refractivity contribution in [2.75, 3.05) is 36.1 Å². The van der Waals surface area contributed by atoms with Crippen LogP contribution in [0.4, 0.5) is 0 Å². The molecule has 2 aliphatic rings. The lowest BCUT2D eigenvalue weighted by atomic mass is 10.0. The smallest absolute Gasteiger partial charge is 0.305 e. The molecule has 13 N–H and O–H groups in total. The number of carbonyl (C=O) groups excluding carboxylic acids is 9. The average Bonchev–Trinajstić information content (AvgIpc) is 3.25. The Hall–Kier alpha value is -5.56. The first kappa shape index (κ1) is 53.8. The number of amides is 8. The van der Waals surface area contributed by atoms with E-state index in [4.69, 9.17) is 11.1 Å². The van der Waals surface area contributed by atoms with Crippen molar-refractivity contribution in [1.29, 1.82) is 5.41 Å². The number of fused-ring (bicyclic) bond motifs is 5. The third kappa shape index (κ3) is 20.0. The normalized spacial score (nSPS) is 25.0. The molecule has 25 heteroatoms. The minimum atomic E-state index is -1.74. The highest BCUT2D eigenvalue weighted by molar-refractivity contribution is 8.76. The predicted octanol–water partition coefficient (Wildman–Crippen LogP) is -2.21. The van der Waals surface area contributed by atoms with Gasteiger partial charge < -0.3 is 58.7 Å². The van der Waals surface area contributed by atoms with E-state index in [1.807, 2.05) is 6.92 Å². The Balaban J connectivity index is 2.13. The van der Waals surface area contributed by atoms with Crippen molar-refractivity contribution in [3.63, 3.8) is 0 Å². The topological polar surface area (TPSA) is 349 Å². The monoisotopic (exact) mass is 965 g/mol. The summed E-state index contributed by atoms with van der Waals surface area (Å²) in [5, 5.41) is 40.1. The zero-order valence-corrected chi connectivity index (χ0v) is 38.6. The quantitative estimate of drug-likeness (QED) is 0.0432. The number of carboxylic acid groups (broad SMARTS) is 1. The third-order valence-electron chi connectivity index (χ3n) is 9.88. The first-order valence-corrected chi connectivity index (χ1v) is 24.7. The molecule has 22 nitrogen and oxygen atoms in total. The highest BCUT2D eigenvalue weighted by Crippen LogP contribution is 2.24. The molecule has 65 heavy (non-hydrogen) atoms. The van der Waals surface area contributed by atoms with Crippen LogP contribution in [-0.4, -0.2) is 148 Å². The zero-order chi connectivity index (χ0) is 47.9. The van der Waals surface area contributed by atoms with Crippen molar-refractivity contribution in [1.82, 2.24) is 47.9 Å². The number of thioether (sulfide) groups is 1. The van der Waals surface area contributed by atoms with Gasteiger partial charge in [0.15, 0.2) is 11.7 Å². The summed E-state index contributed by atoms with van der Waals surface area (Å²) in [6, 6.07) is -0.796. The minimum absolute atomic E-state index is 0.0377. The van der Waals surface area contributed by atoms with Gasteiger partial charge in [0, 0.05) is 30.2 Å². The molecule has 0 aliphatic carbocycles. The number of unbranched alkanes of at least 4 members (excludes halogenated alkanes) is 2. The highest BCUT2D eigenvalue weighted by Gasteiger charge is 2.34. The Bertz CT molecular complexity index is 1880. The van der Waals surface area contributed by atoms with Crippen molar-refractivity contribution >= 4 is 98.3 Å². The van der Waals surface area contributed by atoms with Crippen molar-refractivity contribution in [2.45, 2.75) is 108 Å². The summed E-state index contributed by atoms with van der Waals surface area (Å²) in [6.45, 7) is 2.57. The van der Waals surface area contributed by atoms with E-state index in [9.17, 15) is 53.1 Å². The second kappa shape index (κ2) is 28.4. The van der Waals surface area contributed by atoms with Crippen LogP contribution in [0.25, 0.3) is 0 Å². The number of nitrogens with two attached hydrogens (primary N) is 1. The van der Waals surface area contributed by atoms with Gasteiger partial charge >= 0.3 is 5.97 Å². The summed E-state index contributed by atoms with van der Waals surface area (Å²) in [6.07, 6.45) is 1.45. The van der Waals surface area contributed by atoms with E-state index in [-0.39, 0.29) is 61.2 Å². The molecule has 0 unspecified atom stereocenters. The summed E-state index contributed by atoms with van der Waals surface area (Å²) in [7, 11) is 1.97. The maximum atomic E-state index is 14.2. The number of ketones is 1. The lowest BCUT2D eigenvalue weighted by Gasteiger charge is -2.27. The standard InChI is InChI=1S/C40H59N11O11S3/c1-3-4-6-12-25-35(58)50-29-19-64-65-20-30(39(62)48-26(15-23-10-7-5-8-11-23)36(59)49-28(22(2)52)18-63-21-32(54)45-25)51-37(60)27(16-33(55)56)46-31(53)17-44-34(57)24(47-38(29)61)13-9-14-43-40(41)42/h5,7-8,10-11,24-30H,3-4,6,9,12-21H2,1-2H3,(H,44,57)(H,45,54)(H,46,53)(H,47,61)(H,48,62)(H,49,59)(H,50,58)(H,51,60)(H,55,56)(H4,41,42,43)/t24-,25-,26-,27-,28-,29-,30-/m0/s1. The fourth-order valence-electron chi connectivity index (χ4n) is 6.37. The van der Waals surface area contributed by atoms with Gasteiger partial charge in [0.25, 0.3) is 0 Å². The maximum Gasteiger partial charge on any atom is 0.305 e. The first-order chi connectivity index (χ1) is 31.0. The maximum absolute atomic E-state index is 14.2. The molecule has 0 saturated carbocycles.